The van der Waals surface area contributed by atoms with E-state index in [0.717, 1.165) is 24.5 Å². The van der Waals surface area contributed by atoms with Crippen LogP contribution in [-0.2, 0) is 9.84 Å². The predicted octanol–water partition coefficient (Wildman–Crippen LogP) is 0.567. The first kappa shape index (κ1) is 7.19. The van der Waals surface area contributed by atoms with Crippen LogP contribution in [0.3, 0.4) is 0 Å². The Labute approximate surface area is 93.4 Å². The molecule has 0 unspecified atom stereocenters. The number of sulfone groups is 1. The lowest BCUT2D eigenvalue weighted by Gasteiger charge is -2.06. The van der Waals surface area contributed by atoms with Crippen molar-refractivity contribution in [3.63, 3.8) is 0 Å². The molecule has 2 N–H and O–H groups in total. The number of halogens is 1. The molecule has 6 heteroatoms. The van der Waals surface area contributed by atoms with Gasteiger partial charge in [0.1, 0.15) is 18.1 Å². The average molecular weight is 237 g/mol. The van der Waals surface area contributed by atoms with Crippen LogP contribution in [0, 0.1) is 5.82 Å². The maximum absolute atomic E-state index is 13.2. The van der Waals surface area contributed by atoms with Crippen LogP contribution in [0.25, 0.3) is 0 Å². The van der Waals surface area contributed by atoms with Crippen molar-refractivity contribution in [1.82, 2.24) is 0 Å². The van der Waals surface area contributed by atoms with Gasteiger partial charge in [0.2, 0.25) is 0 Å². The van der Waals surface area contributed by atoms with Crippen molar-refractivity contribution in [1.29, 1.82) is 0 Å². The third kappa shape index (κ3) is 3.49. The van der Waals surface area contributed by atoms with E-state index in [9.17, 15) is 12.8 Å². The van der Waals surface area contributed by atoms with E-state index in [1.807, 2.05) is 0 Å². The summed E-state index contributed by atoms with van der Waals surface area (Å²) in [5, 5.41) is 0. The third-order valence-corrected chi connectivity index (χ3v) is 2.59. The maximum Gasteiger partial charge on any atom is 0.175 e. The molecule has 0 aromatic heterocycles. The van der Waals surface area contributed by atoms with E-state index < -0.39 is 39.4 Å². The number of rotatable bonds is 4. The third-order valence-electron chi connectivity index (χ3n) is 1.50. The van der Waals surface area contributed by atoms with Crippen molar-refractivity contribution in [2.24, 2.45) is 5.73 Å². The van der Waals surface area contributed by atoms with Crippen LogP contribution < -0.4 is 10.5 Å². The highest BCUT2D eigenvalue weighted by atomic mass is 32.2. The van der Waals surface area contributed by atoms with Crippen molar-refractivity contribution >= 4 is 9.84 Å². The van der Waals surface area contributed by atoms with Gasteiger partial charge in [-0.3, -0.25) is 0 Å². The molecule has 0 heterocycles. The monoisotopic (exact) mass is 237 g/mol. The van der Waals surface area contributed by atoms with Gasteiger partial charge in [-0.25, -0.2) is 12.8 Å². The molecule has 15 heavy (non-hydrogen) atoms. The molecule has 1 aromatic carbocycles. The zero-order valence-corrected chi connectivity index (χ0v) is 8.64. The van der Waals surface area contributed by atoms with E-state index in [1.165, 1.54) is 0 Å². The van der Waals surface area contributed by atoms with Gasteiger partial charge in [0.15, 0.2) is 9.84 Å². The number of ether oxygens (including phenoxy) is 1. The Bertz CT molecular complexity index is 586. The fourth-order valence-electron chi connectivity index (χ4n) is 0.898. The summed E-state index contributed by atoms with van der Waals surface area (Å²) >= 11 is 0. The Hall–Kier alpha value is -1.14. The van der Waals surface area contributed by atoms with Crippen LogP contribution in [0.5, 0.6) is 5.75 Å². The van der Waals surface area contributed by atoms with Crippen LogP contribution >= 0.6 is 0 Å². The molecule has 1 aromatic rings. The Morgan fingerprint density at radius 1 is 1.53 bits per heavy atom. The highest BCUT2D eigenvalue weighted by Crippen LogP contribution is 2.19. The first-order valence-corrected chi connectivity index (χ1v) is 5.71. The predicted molar refractivity (Wildman–Crippen MR) is 54.1 cm³/mol. The molecule has 0 aliphatic rings. The molecule has 1 rings (SSSR count). The Morgan fingerprint density at radius 3 is 2.73 bits per heavy atom. The molecular weight excluding hydrogens is 221 g/mol. The highest BCUT2D eigenvalue weighted by Gasteiger charge is 2.10. The van der Waals surface area contributed by atoms with Crippen LogP contribution in [0.1, 0.15) is 5.48 Å². The van der Waals surface area contributed by atoms with Gasteiger partial charge < -0.3 is 10.5 Å². The Kier molecular flexibility index (Phi) is 2.20. The summed E-state index contributed by atoms with van der Waals surface area (Å²) in [7, 11) is -3.71. The summed E-state index contributed by atoms with van der Waals surface area (Å²) in [6.07, 6.45) is 0.850. The highest BCUT2D eigenvalue weighted by molar-refractivity contribution is 7.90. The van der Waals surface area contributed by atoms with Crippen molar-refractivity contribution in [2.75, 3.05) is 19.3 Å². The summed E-state index contributed by atoms with van der Waals surface area (Å²) in [4.78, 5) is -0.407. The minimum Gasteiger partial charge on any atom is -0.492 e. The molecule has 0 saturated carbocycles. The summed E-state index contributed by atoms with van der Waals surface area (Å²) in [5.41, 5.74) is 4.94. The molecule has 0 bridgehead atoms. The SMILES string of the molecule is [2H]C([2H])(N)C([2H])([2H])Oc1cc(F)cc(S(C)(=O)=O)c1. The molecule has 0 atom stereocenters. The van der Waals surface area contributed by atoms with Gasteiger partial charge in [0.25, 0.3) is 0 Å². The zero-order chi connectivity index (χ0) is 15.1. The van der Waals surface area contributed by atoms with Crippen LogP contribution in [-0.4, -0.2) is 27.7 Å². The van der Waals surface area contributed by atoms with Gasteiger partial charge in [-0.15, -0.1) is 0 Å². The van der Waals surface area contributed by atoms with Gasteiger partial charge >= 0.3 is 0 Å². The van der Waals surface area contributed by atoms with Gasteiger partial charge in [-0.05, 0) is 12.1 Å². The fraction of sp³-hybridized carbons (Fsp3) is 0.333. The second-order valence-electron chi connectivity index (χ2n) is 2.74. The molecule has 0 aliphatic heterocycles. The van der Waals surface area contributed by atoms with Crippen molar-refractivity contribution < 1.29 is 23.0 Å². The van der Waals surface area contributed by atoms with Crippen LogP contribution in [0.15, 0.2) is 23.1 Å². The number of hydrogen-bond donors (Lipinski definition) is 1. The molecule has 0 aliphatic carbocycles. The molecule has 0 amide bonds. The molecular formula is C9H12FNO3S. The van der Waals surface area contributed by atoms with Crippen LogP contribution in [0.2, 0.25) is 0 Å². The van der Waals surface area contributed by atoms with Gasteiger partial charge in [-0.1, -0.05) is 0 Å². The average Bonchev–Trinajstić information content (AvgIpc) is 2.12. The lowest BCUT2D eigenvalue weighted by molar-refractivity contribution is 0.325. The second kappa shape index (κ2) is 4.59. The van der Waals surface area contributed by atoms with Crippen molar-refractivity contribution in [2.45, 2.75) is 4.90 Å². The smallest absolute Gasteiger partial charge is 0.175 e. The molecule has 84 valence electrons. The summed E-state index contributed by atoms with van der Waals surface area (Å²) in [5.74, 6) is -1.42. The number of hydrogen-bond acceptors (Lipinski definition) is 4. The largest absolute Gasteiger partial charge is 0.492 e. The normalized spacial score (nSPS) is 17.3. The van der Waals surface area contributed by atoms with E-state index in [1.54, 1.807) is 0 Å². The second-order valence-corrected chi connectivity index (χ2v) is 4.76. The standard InChI is InChI=1S/C9H12FNO3S/c1-15(12,13)9-5-7(10)4-8(6-9)14-3-2-11/h4-6H,2-3,11H2,1H3/i2D2,3D2. The maximum atomic E-state index is 13.2. The van der Waals surface area contributed by atoms with Gasteiger partial charge in [-0.2, -0.15) is 0 Å². The minimum absolute atomic E-state index is 0.407. The van der Waals surface area contributed by atoms with E-state index in [4.69, 9.17) is 11.2 Å². The van der Waals surface area contributed by atoms with Crippen LogP contribution in [0.4, 0.5) is 4.39 Å². The lowest BCUT2D eigenvalue weighted by atomic mass is 10.3. The first-order chi connectivity index (χ1) is 8.33. The lowest BCUT2D eigenvalue weighted by Crippen LogP contribution is -2.11. The van der Waals surface area contributed by atoms with Gasteiger partial charge in [0.05, 0.1) is 7.64 Å². The minimum atomic E-state index is -3.71. The van der Waals surface area contributed by atoms with Crippen molar-refractivity contribution in [3.05, 3.63) is 24.0 Å². The Morgan fingerprint density at radius 2 is 2.20 bits per heavy atom. The van der Waals surface area contributed by atoms with Gasteiger partial charge in [0, 0.05) is 21.6 Å². The quantitative estimate of drug-likeness (QED) is 0.831. The summed E-state index contributed by atoms with van der Waals surface area (Å²) in [6.45, 7) is -5.79. The number of nitrogens with two attached hydrogens (primary N) is 1. The first-order valence-electron chi connectivity index (χ1n) is 5.81. The van der Waals surface area contributed by atoms with Crippen molar-refractivity contribution in [3.8, 4) is 5.75 Å². The number of benzene rings is 1. The van der Waals surface area contributed by atoms with E-state index in [2.05, 4.69) is 4.74 Å². The van der Waals surface area contributed by atoms with E-state index in [0.29, 0.717) is 0 Å². The van der Waals surface area contributed by atoms with E-state index in [-0.39, 0.29) is 0 Å². The molecule has 0 spiro atoms. The van der Waals surface area contributed by atoms with E-state index >= 15 is 0 Å². The molecule has 0 radical (unpaired) electrons. The topological polar surface area (TPSA) is 69.4 Å². The summed E-state index contributed by atoms with van der Waals surface area (Å²) in [6, 6.07) is 2.37. The molecule has 0 fully saturated rings. The molecule has 4 nitrogen and oxygen atoms in total. The zero-order valence-electron chi connectivity index (χ0n) is 11.8. The summed E-state index contributed by atoms with van der Waals surface area (Å²) < 4.78 is 69.1. The fourth-order valence-corrected chi connectivity index (χ4v) is 1.56. The molecule has 0 saturated heterocycles. The Balaban J connectivity index is 3.21.